The molecule has 2 heterocycles. The second kappa shape index (κ2) is 6.12. The van der Waals surface area contributed by atoms with Crippen LogP contribution in [0.3, 0.4) is 0 Å². The van der Waals surface area contributed by atoms with Gasteiger partial charge in [-0.15, -0.1) is 0 Å². The van der Waals surface area contributed by atoms with E-state index in [1.54, 1.807) is 0 Å². The van der Waals surface area contributed by atoms with Crippen molar-refractivity contribution in [3.05, 3.63) is 0 Å². The van der Waals surface area contributed by atoms with Crippen LogP contribution in [0.1, 0.15) is 38.5 Å². The van der Waals surface area contributed by atoms with Gasteiger partial charge < -0.3 is 14.5 Å². The SMILES string of the molecule is O=C(C1CCC1)N1CCCN(C(=O)C2CCCO2)CC1. The normalized spacial score (nSPS) is 28.1. The topological polar surface area (TPSA) is 49.9 Å². The van der Waals surface area contributed by atoms with Gasteiger partial charge in [0.1, 0.15) is 6.10 Å². The fourth-order valence-electron chi connectivity index (χ4n) is 3.25. The first-order chi connectivity index (χ1) is 9.75. The van der Waals surface area contributed by atoms with Crippen molar-refractivity contribution >= 4 is 11.8 Å². The van der Waals surface area contributed by atoms with Crippen molar-refractivity contribution < 1.29 is 14.3 Å². The van der Waals surface area contributed by atoms with Gasteiger partial charge in [0.2, 0.25) is 5.91 Å². The zero-order chi connectivity index (χ0) is 13.9. The summed E-state index contributed by atoms with van der Waals surface area (Å²) in [5, 5.41) is 0. The molecule has 0 bridgehead atoms. The Labute approximate surface area is 120 Å². The largest absolute Gasteiger partial charge is 0.368 e. The van der Waals surface area contributed by atoms with Gasteiger partial charge in [0.15, 0.2) is 0 Å². The first-order valence-electron chi connectivity index (χ1n) is 7.95. The van der Waals surface area contributed by atoms with E-state index in [0.29, 0.717) is 25.6 Å². The monoisotopic (exact) mass is 280 g/mol. The van der Waals surface area contributed by atoms with E-state index in [0.717, 1.165) is 45.2 Å². The summed E-state index contributed by atoms with van der Waals surface area (Å²) < 4.78 is 5.48. The molecule has 20 heavy (non-hydrogen) atoms. The molecule has 112 valence electrons. The van der Waals surface area contributed by atoms with Crippen LogP contribution in [0.2, 0.25) is 0 Å². The maximum atomic E-state index is 12.3. The maximum absolute atomic E-state index is 12.3. The first kappa shape index (κ1) is 13.9. The van der Waals surface area contributed by atoms with Crippen LogP contribution in [0.5, 0.6) is 0 Å². The number of hydrogen-bond donors (Lipinski definition) is 0. The van der Waals surface area contributed by atoms with Crippen molar-refractivity contribution in [2.24, 2.45) is 5.92 Å². The number of carbonyl (C=O) groups excluding carboxylic acids is 2. The molecular weight excluding hydrogens is 256 g/mol. The molecule has 2 saturated heterocycles. The standard InChI is InChI=1S/C15H24N2O3/c18-14(12-4-1-5-12)16-7-3-8-17(10-9-16)15(19)13-6-2-11-20-13/h12-13H,1-11H2. The molecule has 5 nitrogen and oxygen atoms in total. The molecule has 2 aliphatic heterocycles. The maximum Gasteiger partial charge on any atom is 0.251 e. The third-order valence-corrected chi connectivity index (χ3v) is 4.78. The van der Waals surface area contributed by atoms with Gasteiger partial charge in [0.25, 0.3) is 5.91 Å². The molecule has 0 aromatic rings. The Hall–Kier alpha value is -1.10. The lowest BCUT2D eigenvalue weighted by atomic mass is 9.84. The Morgan fingerprint density at radius 2 is 1.50 bits per heavy atom. The minimum absolute atomic E-state index is 0.125. The highest BCUT2D eigenvalue weighted by Gasteiger charge is 2.33. The summed E-state index contributed by atoms with van der Waals surface area (Å²) in [6.07, 6.45) is 5.77. The van der Waals surface area contributed by atoms with Gasteiger partial charge in [0, 0.05) is 38.7 Å². The van der Waals surface area contributed by atoms with E-state index >= 15 is 0 Å². The summed E-state index contributed by atoms with van der Waals surface area (Å²) in [5.74, 6) is 0.693. The third-order valence-electron chi connectivity index (χ3n) is 4.78. The minimum atomic E-state index is -0.233. The molecular formula is C15H24N2O3. The lowest BCUT2D eigenvalue weighted by molar-refractivity contribution is -0.142. The van der Waals surface area contributed by atoms with Gasteiger partial charge in [-0.25, -0.2) is 0 Å². The molecule has 1 atom stereocenters. The van der Waals surface area contributed by atoms with Crippen LogP contribution in [0, 0.1) is 5.92 Å². The molecule has 0 spiro atoms. The highest BCUT2D eigenvalue weighted by Crippen LogP contribution is 2.28. The Morgan fingerprint density at radius 1 is 0.800 bits per heavy atom. The second-order valence-corrected chi connectivity index (χ2v) is 6.13. The number of nitrogens with zero attached hydrogens (tertiary/aromatic N) is 2. The number of amides is 2. The quantitative estimate of drug-likeness (QED) is 0.759. The first-order valence-corrected chi connectivity index (χ1v) is 7.95. The van der Waals surface area contributed by atoms with Gasteiger partial charge in [-0.05, 0) is 32.1 Å². The summed E-state index contributed by atoms with van der Waals surface area (Å²) in [6, 6.07) is 0. The number of ether oxygens (including phenoxy) is 1. The predicted molar refractivity (Wildman–Crippen MR) is 74.1 cm³/mol. The minimum Gasteiger partial charge on any atom is -0.368 e. The zero-order valence-electron chi connectivity index (χ0n) is 12.1. The molecule has 0 radical (unpaired) electrons. The number of carbonyl (C=O) groups is 2. The fraction of sp³-hybridized carbons (Fsp3) is 0.867. The molecule has 3 rings (SSSR count). The molecule has 0 aromatic carbocycles. The van der Waals surface area contributed by atoms with Crippen molar-refractivity contribution in [2.75, 3.05) is 32.8 Å². The van der Waals surface area contributed by atoms with E-state index in [1.165, 1.54) is 6.42 Å². The summed E-state index contributed by atoms with van der Waals surface area (Å²) in [7, 11) is 0. The molecule has 3 fully saturated rings. The van der Waals surface area contributed by atoms with E-state index in [9.17, 15) is 9.59 Å². The van der Waals surface area contributed by atoms with Crippen LogP contribution in [0.15, 0.2) is 0 Å². The van der Waals surface area contributed by atoms with Crippen LogP contribution in [-0.4, -0.2) is 60.5 Å². The average molecular weight is 280 g/mol. The lowest BCUT2D eigenvalue weighted by Gasteiger charge is -2.31. The molecule has 0 N–H and O–H groups in total. The number of rotatable bonds is 2. The zero-order valence-corrected chi connectivity index (χ0v) is 12.1. The summed E-state index contributed by atoms with van der Waals surface area (Å²) >= 11 is 0. The summed E-state index contributed by atoms with van der Waals surface area (Å²) in [4.78, 5) is 28.4. The Bertz CT molecular complexity index is 375. The van der Waals surface area contributed by atoms with Gasteiger partial charge in [-0.2, -0.15) is 0 Å². The van der Waals surface area contributed by atoms with Crippen LogP contribution >= 0.6 is 0 Å². The van der Waals surface area contributed by atoms with Gasteiger partial charge in [0.05, 0.1) is 0 Å². The van der Waals surface area contributed by atoms with Gasteiger partial charge in [-0.3, -0.25) is 9.59 Å². The van der Waals surface area contributed by atoms with E-state index in [1.807, 2.05) is 9.80 Å². The summed E-state index contributed by atoms with van der Waals surface area (Å²) in [6.45, 7) is 3.61. The second-order valence-electron chi connectivity index (χ2n) is 6.13. The molecule has 2 amide bonds. The fourth-order valence-corrected chi connectivity index (χ4v) is 3.25. The molecule has 5 heteroatoms. The molecule has 0 aromatic heterocycles. The number of hydrogen-bond acceptors (Lipinski definition) is 3. The third kappa shape index (κ3) is 2.82. The average Bonchev–Trinajstić information content (AvgIpc) is 2.80. The van der Waals surface area contributed by atoms with Crippen LogP contribution in [0.4, 0.5) is 0 Å². The van der Waals surface area contributed by atoms with Crippen LogP contribution in [0.25, 0.3) is 0 Å². The van der Waals surface area contributed by atoms with Crippen molar-refractivity contribution in [1.82, 2.24) is 9.80 Å². The van der Waals surface area contributed by atoms with Crippen molar-refractivity contribution in [2.45, 2.75) is 44.6 Å². The highest BCUT2D eigenvalue weighted by molar-refractivity contribution is 5.82. The Kier molecular flexibility index (Phi) is 4.24. The summed E-state index contributed by atoms with van der Waals surface area (Å²) in [5.41, 5.74) is 0. The van der Waals surface area contributed by atoms with Crippen LogP contribution < -0.4 is 0 Å². The van der Waals surface area contributed by atoms with E-state index in [4.69, 9.17) is 4.74 Å². The van der Waals surface area contributed by atoms with Crippen molar-refractivity contribution in [3.8, 4) is 0 Å². The predicted octanol–water partition coefficient (Wildman–Crippen LogP) is 1.03. The molecule has 1 saturated carbocycles. The Balaban J connectivity index is 1.53. The van der Waals surface area contributed by atoms with Crippen molar-refractivity contribution in [3.63, 3.8) is 0 Å². The van der Waals surface area contributed by atoms with E-state index in [2.05, 4.69) is 0 Å². The van der Waals surface area contributed by atoms with Gasteiger partial charge in [-0.1, -0.05) is 6.42 Å². The van der Waals surface area contributed by atoms with Crippen LogP contribution in [-0.2, 0) is 14.3 Å². The van der Waals surface area contributed by atoms with Crippen molar-refractivity contribution in [1.29, 1.82) is 0 Å². The van der Waals surface area contributed by atoms with Gasteiger partial charge >= 0.3 is 0 Å². The van der Waals surface area contributed by atoms with E-state index < -0.39 is 0 Å². The molecule has 1 aliphatic carbocycles. The molecule has 3 aliphatic rings. The molecule has 1 unspecified atom stereocenters. The smallest absolute Gasteiger partial charge is 0.251 e. The Morgan fingerprint density at radius 3 is 2.05 bits per heavy atom. The van der Waals surface area contributed by atoms with E-state index in [-0.39, 0.29) is 17.9 Å². The lowest BCUT2D eigenvalue weighted by Crippen LogP contribution is -2.43. The highest BCUT2D eigenvalue weighted by atomic mass is 16.5.